The lowest BCUT2D eigenvalue weighted by Gasteiger charge is -2.28. The molecule has 5 heteroatoms. The van der Waals surface area contributed by atoms with Crippen LogP contribution in [0.5, 0.6) is 0 Å². The lowest BCUT2D eigenvalue weighted by molar-refractivity contribution is -0.231. The van der Waals surface area contributed by atoms with Gasteiger partial charge >= 0.3 is 0 Å². The molecule has 1 aliphatic rings. The van der Waals surface area contributed by atoms with Gasteiger partial charge in [-0.1, -0.05) is 0 Å². The Morgan fingerprint density at radius 1 is 1.44 bits per heavy atom. The highest BCUT2D eigenvalue weighted by atomic mass is 16.7. The molecule has 0 aliphatic carbocycles. The van der Waals surface area contributed by atoms with Crippen molar-refractivity contribution in [1.29, 1.82) is 0 Å². The van der Waals surface area contributed by atoms with Crippen molar-refractivity contribution in [1.82, 2.24) is 0 Å². The van der Waals surface area contributed by atoms with Crippen LogP contribution in [0.2, 0.25) is 0 Å². The largest absolute Gasteiger partial charge is 0.462 e. The number of rotatable bonds is 6. The Labute approximate surface area is 109 Å². The molecule has 1 aliphatic heterocycles. The van der Waals surface area contributed by atoms with E-state index in [1.54, 1.807) is 0 Å². The van der Waals surface area contributed by atoms with E-state index >= 15 is 0 Å². The van der Waals surface area contributed by atoms with Crippen molar-refractivity contribution in [3.63, 3.8) is 0 Å². The Bertz CT molecular complexity index is 269. The van der Waals surface area contributed by atoms with Gasteiger partial charge in [0.2, 0.25) is 0 Å². The fourth-order valence-electron chi connectivity index (χ4n) is 1.90. The van der Waals surface area contributed by atoms with Crippen LogP contribution in [0.4, 0.5) is 0 Å². The van der Waals surface area contributed by atoms with E-state index in [0.717, 1.165) is 6.42 Å². The molecular weight excluding hydrogens is 236 g/mol. The molecule has 0 amide bonds. The molecule has 0 N–H and O–H groups in total. The van der Waals surface area contributed by atoms with Crippen molar-refractivity contribution in [2.45, 2.75) is 64.6 Å². The number of hydrogen-bond acceptors (Lipinski definition) is 5. The Morgan fingerprint density at radius 2 is 2.11 bits per heavy atom. The van der Waals surface area contributed by atoms with Crippen molar-refractivity contribution in [2.24, 2.45) is 0 Å². The predicted octanol–water partition coefficient (Wildman–Crippen LogP) is 1.88. The number of carbonyl (C=O) groups is 1. The first-order valence-corrected chi connectivity index (χ1v) is 6.24. The molecule has 1 fully saturated rings. The Hall–Kier alpha value is -0.650. The average molecular weight is 260 g/mol. The quantitative estimate of drug-likeness (QED) is 0.539. The second kappa shape index (κ2) is 5.99. The van der Waals surface area contributed by atoms with Gasteiger partial charge in [-0.15, -0.1) is 0 Å². The van der Waals surface area contributed by atoms with Crippen molar-refractivity contribution >= 4 is 6.47 Å². The van der Waals surface area contributed by atoms with Gasteiger partial charge in [0.25, 0.3) is 6.47 Å². The molecule has 1 saturated heterocycles. The SMILES string of the molecule is CC(C)(C)OC(COC=O)OC1COC(C)(C)C1. The second-order valence-electron chi connectivity index (χ2n) is 6.12. The van der Waals surface area contributed by atoms with Crippen molar-refractivity contribution in [2.75, 3.05) is 13.2 Å². The van der Waals surface area contributed by atoms with E-state index in [-0.39, 0.29) is 23.9 Å². The molecule has 0 aromatic rings. The minimum Gasteiger partial charge on any atom is -0.462 e. The molecule has 0 saturated carbocycles. The lowest BCUT2D eigenvalue weighted by Crippen LogP contribution is -2.36. The monoisotopic (exact) mass is 260 g/mol. The Balaban J connectivity index is 2.48. The maximum Gasteiger partial charge on any atom is 0.293 e. The third-order valence-electron chi connectivity index (χ3n) is 2.51. The van der Waals surface area contributed by atoms with Crippen LogP contribution in [-0.2, 0) is 23.7 Å². The van der Waals surface area contributed by atoms with Crippen LogP contribution in [0.25, 0.3) is 0 Å². The van der Waals surface area contributed by atoms with E-state index < -0.39 is 6.29 Å². The van der Waals surface area contributed by atoms with Gasteiger partial charge in [0, 0.05) is 6.42 Å². The number of ether oxygens (including phenoxy) is 4. The van der Waals surface area contributed by atoms with Crippen LogP contribution >= 0.6 is 0 Å². The molecule has 18 heavy (non-hydrogen) atoms. The summed E-state index contributed by atoms with van der Waals surface area (Å²) in [5.41, 5.74) is -0.519. The third kappa shape index (κ3) is 5.80. The summed E-state index contributed by atoms with van der Waals surface area (Å²) in [5.74, 6) is 0. The molecule has 106 valence electrons. The minimum atomic E-state index is -0.558. The van der Waals surface area contributed by atoms with Crippen LogP contribution in [0.1, 0.15) is 41.0 Å². The van der Waals surface area contributed by atoms with Crippen LogP contribution in [-0.4, -0.2) is 43.3 Å². The number of hydrogen-bond donors (Lipinski definition) is 0. The van der Waals surface area contributed by atoms with Gasteiger partial charge in [0.1, 0.15) is 6.61 Å². The summed E-state index contributed by atoms with van der Waals surface area (Å²) in [6, 6.07) is 0. The van der Waals surface area contributed by atoms with E-state index in [9.17, 15) is 4.79 Å². The molecule has 2 atom stereocenters. The molecule has 0 bridgehead atoms. The molecule has 1 heterocycles. The lowest BCUT2D eigenvalue weighted by atomic mass is 10.1. The van der Waals surface area contributed by atoms with Gasteiger partial charge in [-0.25, -0.2) is 0 Å². The molecule has 0 aromatic carbocycles. The first-order valence-electron chi connectivity index (χ1n) is 6.24. The summed E-state index contributed by atoms with van der Waals surface area (Å²) in [4.78, 5) is 10.3. The zero-order chi connectivity index (χ0) is 13.8. The summed E-state index contributed by atoms with van der Waals surface area (Å²) in [6.07, 6.45) is 0.221. The maximum atomic E-state index is 10.3. The first-order chi connectivity index (χ1) is 8.22. The van der Waals surface area contributed by atoms with Gasteiger partial charge < -0.3 is 18.9 Å². The first kappa shape index (κ1) is 15.4. The van der Waals surface area contributed by atoms with E-state index in [1.165, 1.54) is 0 Å². The topological polar surface area (TPSA) is 54.0 Å². The Kier molecular flexibility index (Phi) is 5.13. The molecule has 5 nitrogen and oxygen atoms in total. The van der Waals surface area contributed by atoms with Crippen LogP contribution in [0.15, 0.2) is 0 Å². The summed E-state index contributed by atoms with van der Waals surface area (Å²) in [5, 5.41) is 0. The highest BCUT2D eigenvalue weighted by Gasteiger charge is 2.35. The second-order valence-corrected chi connectivity index (χ2v) is 6.12. The third-order valence-corrected chi connectivity index (χ3v) is 2.51. The predicted molar refractivity (Wildman–Crippen MR) is 66.2 cm³/mol. The molecule has 1 rings (SSSR count). The van der Waals surface area contributed by atoms with Gasteiger partial charge in [-0.05, 0) is 34.6 Å². The standard InChI is InChI=1S/C13H24O5/c1-12(2,3)18-11(8-15-9-14)17-10-6-13(4,5)16-7-10/h9-11H,6-8H2,1-5H3. The maximum absolute atomic E-state index is 10.3. The molecule has 2 unspecified atom stereocenters. The fourth-order valence-corrected chi connectivity index (χ4v) is 1.90. The van der Waals surface area contributed by atoms with Gasteiger partial charge in [0.05, 0.1) is 23.9 Å². The van der Waals surface area contributed by atoms with Gasteiger partial charge in [0.15, 0.2) is 6.29 Å². The van der Waals surface area contributed by atoms with E-state index in [4.69, 9.17) is 18.9 Å². The smallest absolute Gasteiger partial charge is 0.293 e. The summed E-state index contributed by atoms with van der Waals surface area (Å²) >= 11 is 0. The fraction of sp³-hybridized carbons (Fsp3) is 0.923. The molecule has 0 spiro atoms. The highest BCUT2D eigenvalue weighted by molar-refractivity contribution is 5.36. The van der Waals surface area contributed by atoms with Crippen molar-refractivity contribution in [3.8, 4) is 0 Å². The number of carbonyl (C=O) groups excluding carboxylic acids is 1. The summed E-state index contributed by atoms with van der Waals surface area (Å²) < 4.78 is 21.8. The van der Waals surface area contributed by atoms with Gasteiger partial charge in [-0.2, -0.15) is 0 Å². The summed E-state index contributed by atoms with van der Waals surface area (Å²) in [6.45, 7) is 10.9. The minimum absolute atomic E-state index is 0.0254. The van der Waals surface area contributed by atoms with Crippen molar-refractivity contribution in [3.05, 3.63) is 0 Å². The van der Waals surface area contributed by atoms with Crippen LogP contribution < -0.4 is 0 Å². The zero-order valence-corrected chi connectivity index (χ0v) is 11.9. The normalized spacial score (nSPS) is 24.8. The highest BCUT2D eigenvalue weighted by Crippen LogP contribution is 2.28. The Morgan fingerprint density at radius 3 is 2.56 bits per heavy atom. The summed E-state index contributed by atoms with van der Waals surface area (Å²) in [7, 11) is 0. The van der Waals surface area contributed by atoms with E-state index in [0.29, 0.717) is 13.1 Å². The van der Waals surface area contributed by atoms with E-state index in [1.807, 2.05) is 34.6 Å². The molecule has 0 aromatic heterocycles. The molecular formula is C13H24O5. The van der Waals surface area contributed by atoms with Gasteiger partial charge in [-0.3, -0.25) is 4.79 Å². The van der Waals surface area contributed by atoms with Crippen LogP contribution in [0, 0.1) is 0 Å². The van der Waals surface area contributed by atoms with Crippen LogP contribution in [0.3, 0.4) is 0 Å². The average Bonchev–Trinajstić information content (AvgIpc) is 2.52. The van der Waals surface area contributed by atoms with Crippen molar-refractivity contribution < 1.29 is 23.7 Å². The molecule has 0 radical (unpaired) electrons. The zero-order valence-electron chi connectivity index (χ0n) is 11.9. The van der Waals surface area contributed by atoms with E-state index in [2.05, 4.69) is 0 Å².